The number of fused-ring (bicyclic) bond motifs is 1. The van der Waals surface area contributed by atoms with Gasteiger partial charge in [-0.05, 0) is 91.5 Å². The number of esters is 3. The van der Waals surface area contributed by atoms with Gasteiger partial charge in [-0.2, -0.15) is 0 Å². The van der Waals surface area contributed by atoms with Gasteiger partial charge in [-0.3, -0.25) is 19.2 Å². The van der Waals surface area contributed by atoms with E-state index in [9.17, 15) is 24.3 Å². The predicted molar refractivity (Wildman–Crippen MR) is 264 cm³/mol. The van der Waals surface area contributed by atoms with Gasteiger partial charge in [-0.25, -0.2) is 0 Å². The van der Waals surface area contributed by atoms with Gasteiger partial charge >= 0.3 is 17.9 Å². The molecule has 66 heavy (non-hydrogen) atoms. The summed E-state index contributed by atoms with van der Waals surface area (Å²) in [5, 5.41) is 19.2. The van der Waals surface area contributed by atoms with E-state index < -0.39 is 16.6 Å². The second-order valence-corrected chi connectivity index (χ2v) is 18.4. The van der Waals surface area contributed by atoms with Crippen LogP contribution in [0.4, 0.5) is 0 Å². The lowest BCUT2D eigenvalue weighted by Gasteiger charge is -2.43. The molecule has 0 spiro atoms. The van der Waals surface area contributed by atoms with E-state index >= 15 is 0 Å². The number of nitrogens with one attached hydrogen (secondary N) is 1. The van der Waals surface area contributed by atoms with Gasteiger partial charge in [0.1, 0.15) is 22.9 Å². The van der Waals surface area contributed by atoms with Crippen LogP contribution in [0, 0.1) is 23.7 Å². The number of benzene rings is 1. The molecule has 11 unspecified atom stereocenters. The first kappa shape index (κ1) is 65.3. The molecule has 4 heterocycles. The maximum Gasteiger partial charge on any atom is 0.319 e. The molecular formula is C51H93NO13S. The lowest BCUT2D eigenvalue weighted by Crippen LogP contribution is -2.49. The first-order chi connectivity index (χ1) is 31.3. The normalized spacial score (nSPS) is 32.2. The maximum absolute atomic E-state index is 13.4. The van der Waals surface area contributed by atoms with Crippen LogP contribution in [-0.4, -0.2) is 123 Å². The van der Waals surface area contributed by atoms with E-state index in [1.54, 1.807) is 28.3 Å². The fourth-order valence-corrected chi connectivity index (χ4v) is 9.81. The van der Waals surface area contributed by atoms with Crippen molar-refractivity contribution >= 4 is 35.5 Å². The Bertz CT molecular complexity index is 1480. The Hall–Kier alpha value is -2.79. The Kier molecular flexibility index (Phi) is 34.1. The summed E-state index contributed by atoms with van der Waals surface area (Å²) in [6, 6.07) is 8.02. The maximum atomic E-state index is 13.4. The molecule has 4 fully saturated rings. The van der Waals surface area contributed by atoms with Crippen molar-refractivity contribution in [2.45, 2.75) is 194 Å². The standard InChI is InChI=1S/C28H40O7S.C9H18O3.C7H13NO2.3C2H6.CH4O/c1-18-7-6-13-28(3,33-5)14-12-23(29)19(2)24-21(15-34-26(18)30)16-35-27(31)25(24)36-17-20-8-10-22(32-4)11-9-20;1-7-5-8(2,11-4)6-9(3,10)12-7;1-5-3-6(8-2)4-7(9)10-5;4*1-2/h8-11,18-19,21,24-25H,6-7,12-17H2,1-5H3;7,10H,5-6H2,1-4H3;5-6,8H,3-4H2,1-2H3;3*1-2H3;2H,1H3. The zero-order valence-corrected chi connectivity index (χ0v) is 45.0. The van der Waals surface area contributed by atoms with Crippen molar-refractivity contribution in [2.75, 3.05) is 48.7 Å². The number of aliphatic hydroxyl groups is 2. The molecule has 0 aliphatic carbocycles. The van der Waals surface area contributed by atoms with E-state index in [0.29, 0.717) is 43.9 Å². The number of methoxy groups -OCH3 is 3. The molecule has 15 heteroatoms. The highest BCUT2D eigenvalue weighted by molar-refractivity contribution is 7.99. The molecule has 0 amide bonds. The van der Waals surface area contributed by atoms with Gasteiger partial charge in [-0.15, -0.1) is 11.8 Å². The molecule has 1 aromatic rings. The largest absolute Gasteiger partial charge is 0.497 e. The van der Waals surface area contributed by atoms with Crippen molar-refractivity contribution in [1.29, 1.82) is 0 Å². The molecule has 14 nitrogen and oxygen atoms in total. The molecule has 0 radical (unpaired) electrons. The van der Waals surface area contributed by atoms with Crippen molar-refractivity contribution < 1.29 is 62.5 Å². The summed E-state index contributed by atoms with van der Waals surface area (Å²) in [7, 11) is 7.84. The number of aliphatic hydroxyl groups excluding tert-OH is 1. The van der Waals surface area contributed by atoms with Gasteiger partial charge in [-0.1, -0.05) is 67.5 Å². The third kappa shape index (κ3) is 23.5. The minimum absolute atomic E-state index is 0.0544. The van der Waals surface area contributed by atoms with E-state index in [2.05, 4.69) is 5.32 Å². The highest BCUT2D eigenvalue weighted by atomic mass is 32.2. The van der Waals surface area contributed by atoms with Crippen LogP contribution in [0.25, 0.3) is 0 Å². The summed E-state index contributed by atoms with van der Waals surface area (Å²) in [6.07, 6.45) is 6.22. The van der Waals surface area contributed by atoms with Gasteiger partial charge in [0, 0.05) is 70.1 Å². The first-order valence-corrected chi connectivity index (χ1v) is 25.2. The monoisotopic (exact) mass is 960 g/mol. The van der Waals surface area contributed by atoms with Crippen LogP contribution in [0.2, 0.25) is 0 Å². The minimum atomic E-state index is -1.04. The van der Waals surface area contributed by atoms with E-state index in [1.165, 1.54) is 11.8 Å². The molecule has 11 atom stereocenters. The van der Waals surface area contributed by atoms with Crippen LogP contribution in [0.1, 0.15) is 153 Å². The number of rotatable bonds is 7. The van der Waals surface area contributed by atoms with Gasteiger partial charge in [0.2, 0.25) is 0 Å². The lowest BCUT2D eigenvalue weighted by molar-refractivity contribution is -0.279. The Balaban J connectivity index is 0. The average Bonchev–Trinajstić information content (AvgIpc) is 3.31. The molecule has 0 saturated carbocycles. The fraction of sp³-hybridized carbons (Fsp3) is 0.804. The third-order valence-electron chi connectivity index (χ3n) is 12.0. The summed E-state index contributed by atoms with van der Waals surface area (Å²) in [5.41, 5.74) is 0.365. The second kappa shape index (κ2) is 34.5. The number of cyclic esters (lactones) is 3. The number of Topliss-reactive ketones (excluding diaryl/α,β-unsaturated/α-hetero) is 1. The van der Waals surface area contributed by atoms with Gasteiger partial charge in [0.05, 0.1) is 50.0 Å². The Morgan fingerprint density at radius 1 is 0.803 bits per heavy atom. The van der Waals surface area contributed by atoms with Crippen LogP contribution < -0.4 is 10.1 Å². The highest BCUT2D eigenvalue weighted by Gasteiger charge is 2.46. The quantitative estimate of drug-likeness (QED) is 0.173. The highest BCUT2D eigenvalue weighted by Crippen LogP contribution is 2.40. The van der Waals surface area contributed by atoms with E-state index in [4.69, 9.17) is 38.3 Å². The van der Waals surface area contributed by atoms with Crippen LogP contribution in [-0.2, 0) is 53.4 Å². The zero-order chi connectivity index (χ0) is 51.3. The topological polar surface area (TPSA) is 185 Å². The molecule has 0 bridgehead atoms. The molecule has 3 N–H and O–H groups in total. The van der Waals surface area contributed by atoms with Crippen molar-refractivity contribution in [3.8, 4) is 5.75 Å². The molecule has 5 rings (SSSR count). The van der Waals surface area contributed by atoms with Crippen molar-refractivity contribution in [1.82, 2.24) is 5.32 Å². The van der Waals surface area contributed by atoms with Crippen molar-refractivity contribution in [2.24, 2.45) is 23.7 Å². The predicted octanol–water partition coefficient (Wildman–Crippen LogP) is 9.13. The fourth-order valence-electron chi connectivity index (χ4n) is 8.37. The molecule has 1 aromatic carbocycles. The zero-order valence-electron chi connectivity index (χ0n) is 44.2. The summed E-state index contributed by atoms with van der Waals surface area (Å²) in [5.74, 6) is -1.34. The van der Waals surface area contributed by atoms with Crippen LogP contribution in [0.5, 0.6) is 5.75 Å². The molecule has 4 saturated heterocycles. The number of ether oxygens (including phenoxy) is 7. The van der Waals surface area contributed by atoms with E-state index in [1.807, 2.05) is 114 Å². The summed E-state index contributed by atoms with van der Waals surface area (Å²) >= 11 is 1.48. The number of hydrogen-bond donors (Lipinski definition) is 3. The van der Waals surface area contributed by atoms with Gasteiger partial charge < -0.3 is 48.7 Å². The van der Waals surface area contributed by atoms with Crippen molar-refractivity contribution in [3.63, 3.8) is 0 Å². The molecule has 386 valence electrons. The lowest BCUT2D eigenvalue weighted by atomic mass is 9.75. The summed E-state index contributed by atoms with van der Waals surface area (Å²) in [4.78, 5) is 49.9. The second-order valence-electron chi connectivity index (χ2n) is 17.2. The molecule has 4 aliphatic rings. The summed E-state index contributed by atoms with van der Waals surface area (Å²) in [6.45, 7) is 25.7. The minimum Gasteiger partial charge on any atom is -0.497 e. The molecule has 0 aromatic heterocycles. The number of hydrogen-bond acceptors (Lipinski definition) is 15. The number of carbonyl (C=O) groups excluding carboxylic acids is 4. The smallest absolute Gasteiger partial charge is 0.319 e. The third-order valence-corrected chi connectivity index (χ3v) is 13.3. The van der Waals surface area contributed by atoms with Crippen LogP contribution in [0.15, 0.2) is 24.3 Å². The molecule has 4 aliphatic heterocycles. The van der Waals surface area contributed by atoms with E-state index in [-0.39, 0.29) is 78.4 Å². The number of carbonyl (C=O) groups is 4. The van der Waals surface area contributed by atoms with Crippen molar-refractivity contribution in [3.05, 3.63) is 29.8 Å². The Morgan fingerprint density at radius 2 is 1.36 bits per heavy atom. The SMILES string of the molecule is CC.CC.CC.CNC1CC(=O)OC(C)C1.CO.COC1(C)CC(C)OC(C)(O)C1.COc1ccc(CSC2C(=O)OCC3COC(=O)C(C)CCCC(C)(OC)CCC(=O)C(C)C32)cc1. The van der Waals surface area contributed by atoms with E-state index in [0.717, 1.165) is 44.1 Å². The Morgan fingerprint density at radius 3 is 1.86 bits per heavy atom. The average molecular weight is 960 g/mol. The van der Waals surface area contributed by atoms with Crippen LogP contribution in [0.3, 0.4) is 0 Å². The van der Waals surface area contributed by atoms with Gasteiger partial charge in [0.15, 0.2) is 5.79 Å². The summed E-state index contributed by atoms with van der Waals surface area (Å²) < 4.78 is 37.9. The van der Waals surface area contributed by atoms with Gasteiger partial charge in [0.25, 0.3) is 0 Å². The number of ketones is 1. The Labute approximate surface area is 404 Å². The van der Waals surface area contributed by atoms with Crippen LogP contribution >= 0.6 is 11.8 Å². The number of thioether (sulfide) groups is 1. The molecular weight excluding hydrogens is 867 g/mol. The first-order valence-electron chi connectivity index (χ1n) is 24.2.